The zero-order valence-electron chi connectivity index (χ0n) is 9.82. The highest BCUT2D eigenvalue weighted by atomic mass is 16.6. The van der Waals surface area contributed by atoms with Gasteiger partial charge in [0.2, 0.25) is 0 Å². The number of hydrogen-bond acceptors (Lipinski definition) is 3. The van der Waals surface area contributed by atoms with Gasteiger partial charge >= 0.3 is 6.09 Å². The van der Waals surface area contributed by atoms with Crippen LogP contribution in [-0.4, -0.2) is 23.5 Å². The molecular weight excluding hydrogens is 206 g/mol. The number of nitrogens with one attached hydrogen (secondary N) is 1. The van der Waals surface area contributed by atoms with Crippen molar-refractivity contribution in [3.63, 3.8) is 0 Å². The van der Waals surface area contributed by atoms with Gasteiger partial charge < -0.3 is 10.1 Å². The van der Waals surface area contributed by atoms with Crippen LogP contribution in [0.2, 0.25) is 0 Å². The van der Waals surface area contributed by atoms with Gasteiger partial charge in [0.1, 0.15) is 11.4 Å². The average Bonchev–Trinajstić information content (AvgIpc) is 2.43. The van der Waals surface area contributed by atoms with E-state index in [2.05, 4.69) is 5.32 Å². The van der Waals surface area contributed by atoms with Gasteiger partial charge in [0, 0.05) is 17.9 Å². The van der Waals surface area contributed by atoms with Crippen molar-refractivity contribution in [1.82, 2.24) is 5.32 Å². The number of Topliss-reactive ketones (excluding diaryl/α,β-unsaturated/α-hetero) is 1. The summed E-state index contributed by atoms with van der Waals surface area (Å²) in [4.78, 5) is 23.3. The number of carbonyl (C=O) groups excluding carboxylic acids is 2. The summed E-state index contributed by atoms with van der Waals surface area (Å²) in [6.45, 7) is 5.52. The lowest BCUT2D eigenvalue weighted by Gasteiger charge is -2.22. The summed E-state index contributed by atoms with van der Waals surface area (Å²) < 4.78 is 5.21. The van der Waals surface area contributed by atoms with Crippen LogP contribution in [0.3, 0.4) is 0 Å². The van der Waals surface area contributed by atoms with E-state index in [1.807, 2.05) is 20.8 Å². The Labute approximate surface area is 94.7 Å². The van der Waals surface area contributed by atoms with E-state index < -0.39 is 5.60 Å². The number of rotatable bonds is 1. The molecule has 4 rings (SSSR count). The van der Waals surface area contributed by atoms with Crippen LogP contribution < -0.4 is 5.32 Å². The van der Waals surface area contributed by atoms with Crippen molar-refractivity contribution in [3.05, 3.63) is 0 Å². The molecule has 0 aromatic carbocycles. The SMILES string of the molecule is CC(C)(C)OC(=O)N[C@@H]1[C@@H]2[C@@H]3C[C@@H]1C(=O)[C@@H]32. The van der Waals surface area contributed by atoms with E-state index >= 15 is 0 Å². The summed E-state index contributed by atoms with van der Waals surface area (Å²) >= 11 is 0. The number of hydrogen-bond donors (Lipinski definition) is 1. The van der Waals surface area contributed by atoms with Gasteiger partial charge in [0.25, 0.3) is 0 Å². The topological polar surface area (TPSA) is 55.4 Å². The Balaban J connectivity index is 1.61. The highest BCUT2D eigenvalue weighted by molar-refractivity contribution is 5.94. The lowest BCUT2D eigenvalue weighted by Crippen LogP contribution is -2.41. The van der Waals surface area contributed by atoms with Crippen molar-refractivity contribution in [1.29, 1.82) is 0 Å². The van der Waals surface area contributed by atoms with Crippen LogP contribution in [0.4, 0.5) is 4.79 Å². The van der Waals surface area contributed by atoms with E-state index in [0.717, 1.165) is 6.42 Å². The quantitative estimate of drug-likeness (QED) is 0.730. The second-order valence-corrected chi connectivity index (χ2v) is 6.18. The summed E-state index contributed by atoms with van der Waals surface area (Å²) in [6.07, 6.45) is 0.595. The zero-order chi connectivity index (χ0) is 11.7. The second kappa shape index (κ2) is 2.79. The third-order valence-corrected chi connectivity index (χ3v) is 3.98. The molecular formula is C12H17NO3. The maximum Gasteiger partial charge on any atom is 0.407 e. The summed E-state index contributed by atoms with van der Waals surface area (Å²) in [6, 6.07) is 0.0531. The van der Waals surface area contributed by atoms with E-state index in [4.69, 9.17) is 4.74 Å². The maximum atomic E-state index is 11.7. The molecule has 4 aliphatic rings. The van der Waals surface area contributed by atoms with Crippen molar-refractivity contribution in [2.75, 3.05) is 0 Å². The molecule has 4 aliphatic carbocycles. The van der Waals surface area contributed by atoms with Crippen LogP contribution in [0.5, 0.6) is 0 Å². The Hall–Kier alpha value is -1.06. The number of alkyl carbamates (subject to hydrolysis) is 1. The van der Waals surface area contributed by atoms with Crippen LogP contribution in [0, 0.1) is 23.7 Å². The third-order valence-electron chi connectivity index (χ3n) is 3.98. The number of ketones is 1. The van der Waals surface area contributed by atoms with Crippen molar-refractivity contribution < 1.29 is 14.3 Å². The minimum absolute atomic E-state index is 0.0531. The highest BCUT2D eigenvalue weighted by Gasteiger charge is 2.74. The van der Waals surface area contributed by atoms with E-state index in [1.165, 1.54) is 0 Å². The lowest BCUT2D eigenvalue weighted by molar-refractivity contribution is -0.121. The highest BCUT2D eigenvalue weighted by Crippen LogP contribution is 2.68. The van der Waals surface area contributed by atoms with Crippen molar-refractivity contribution in [3.8, 4) is 0 Å². The Bertz CT molecular complexity index is 371. The van der Waals surface area contributed by atoms with Gasteiger partial charge in [-0.25, -0.2) is 4.79 Å². The molecule has 4 saturated carbocycles. The molecule has 5 atom stereocenters. The lowest BCUT2D eigenvalue weighted by atomic mass is 10.1. The Morgan fingerprint density at radius 1 is 1.44 bits per heavy atom. The molecule has 1 amide bonds. The van der Waals surface area contributed by atoms with Gasteiger partial charge in [-0.1, -0.05) is 0 Å². The largest absolute Gasteiger partial charge is 0.444 e. The molecule has 0 aromatic rings. The van der Waals surface area contributed by atoms with Gasteiger partial charge in [0.05, 0.1) is 0 Å². The van der Waals surface area contributed by atoms with E-state index in [9.17, 15) is 9.59 Å². The molecule has 88 valence electrons. The van der Waals surface area contributed by atoms with Crippen LogP contribution in [-0.2, 0) is 9.53 Å². The van der Waals surface area contributed by atoms with Gasteiger partial charge in [-0.3, -0.25) is 4.79 Å². The molecule has 0 aliphatic heterocycles. The average molecular weight is 223 g/mol. The molecule has 4 bridgehead atoms. The molecule has 0 aromatic heterocycles. The molecule has 4 fully saturated rings. The van der Waals surface area contributed by atoms with Gasteiger partial charge in [-0.15, -0.1) is 0 Å². The minimum atomic E-state index is -0.474. The second-order valence-electron chi connectivity index (χ2n) is 6.18. The third kappa shape index (κ3) is 1.28. The minimum Gasteiger partial charge on any atom is -0.444 e. The van der Waals surface area contributed by atoms with Crippen molar-refractivity contribution in [2.24, 2.45) is 23.7 Å². The van der Waals surface area contributed by atoms with Crippen LogP contribution >= 0.6 is 0 Å². The zero-order valence-corrected chi connectivity index (χ0v) is 9.82. The molecule has 4 heteroatoms. The molecule has 1 N–H and O–H groups in total. The molecule has 0 saturated heterocycles. The number of carbonyl (C=O) groups is 2. The van der Waals surface area contributed by atoms with Gasteiger partial charge in [0.15, 0.2) is 0 Å². The monoisotopic (exact) mass is 223 g/mol. The molecule has 4 nitrogen and oxygen atoms in total. The number of ether oxygens (including phenoxy) is 1. The first-order valence-corrected chi connectivity index (χ1v) is 5.92. The Kier molecular flexibility index (Phi) is 1.76. The van der Waals surface area contributed by atoms with E-state index in [0.29, 0.717) is 17.6 Å². The smallest absolute Gasteiger partial charge is 0.407 e. The fourth-order valence-electron chi connectivity index (χ4n) is 3.48. The normalized spacial score (nSPS) is 43.4. The predicted octanol–water partition coefficient (Wildman–Crippen LogP) is 1.34. The fourth-order valence-corrected chi connectivity index (χ4v) is 3.48. The predicted molar refractivity (Wildman–Crippen MR) is 56.7 cm³/mol. The first-order valence-electron chi connectivity index (χ1n) is 5.92. The van der Waals surface area contributed by atoms with Crippen molar-refractivity contribution >= 4 is 11.9 Å². The molecule has 0 heterocycles. The summed E-state index contributed by atoms with van der Waals surface area (Å²) in [5.41, 5.74) is -0.474. The Morgan fingerprint density at radius 2 is 2.12 bits per heavy atom. The van der Waals surface area contributed by atoms with Crippen LogP contribution in [0.25, 0.3) is 0 Å². The fraction of sp³-hybridized carbons (Fsp3) is 0.833. The molecule has 16 heavy (non-hydrogen) atoms. The van der Waals surface area contributed by atoms with Gasteiger partial charge in [-0.2, -0.15) is 0 Å². The first-order chi connectivity index (χ1) is 7.38. The summed E-state index contributed by atoms with van der Waals surface area (Å²) in [5.74, 6) is 1.70. The first kappa shape index (κ1) is 10.1. The van der Waals surface area contributed by atoms with Crippen LogP contribution in [0.15, 0.2) is 0 Å². The molecule has 0 unspecified atom stereocenters. The van der Waals surface area contributed by atoms with E-state index in [-0.39, 0.29) is 24.0 Å². The van der Waals surface area contributed by atoms with Crippen molar-refractivity contribution in [2.45, 2.75) is 38.8 Å². The van der Waals surface area contributed by atoms with Gasteiger partial charge in [-0.05, 0) is 39.0 Å². The maximum absolute atomic E-state index is 11.7. The molecule has 0 radical (unpaired) electrons. The number of amides is 1. The van der Waals surface area contributed by atoms with Crippen LogP contribution in [0.1, 0.15) is 27.2 Å². The summed E-state index contributed by atoms with van der Waals surface area (Å²) in [5, 5.41) is 2.87. The van der Waals surface area contributed by atoms with E-state index in [1.54, 1.807) is 0 Å². The molecule has 0 spiro atoms. The summed E-state index contributed by atoms with van der Waals surface area (Å²) in [7, 11) is 0. The standard InChI is InChI=1S/C12H17NO3/c1-12(2,3)16-11(15)13-9-6-4-5-7(9)8(5)10(6)14/h5-9H,4H2,1-3H3,(H,13,15)/t5-,6-,7+,8-,9-/m0/s1. The Morgan fingerprint density at radius 3 is 2.50 bits per heavy atom.